The molecule has 0 radical (unpaired) electrons. The predicted molar refractivity (Wildman–Crippen MR) is 71.5 cm³/mol. The molecule has 6 nitrogen and oxygen atoms in total. The Morgan fingerprint density at radius 3 is 2.58 bits per heavy atom. The number of esters is 1. The van der Waals surface area contributed by atoms with Crippen molar-refractivity contribution in [3.05, 3.63) is 24.3 Å². The normalized spacial score (nSPS) is 11.1. The average molecular weight is 287 g/mol. The summed E-state index contributed by atoms with van der Waals surface area (Å²) >= 11 is 0. The molecule has 1 aromatic rings. The molecular formula is C12H17NO5S. The molecule has 0 amide bonds. The van der Waals surface area contributed by atoms with Crippen LogP contribution in [0.4, 0.5) is 5.69 Å². The first-order valence-electron chi connectivity index (χ1n) is 5.85. The smallest absolute Gasteiger partial charge is 0.323 e. The summed E-state index contributed by atoms with van der Waals surface area (Å²) in [5.41, 5.74) is 0.312. The maximum Gasteiger partial charge on any atom is 0.323 e. The lowest BCUT2D eigenvalue weighted by atomic mass is 10.3. The van der Waals surface area contributed by atoms with E-state index in [0.29, 0.717) is 5.69 Å². The second-order valence-corrected chi connectivity index (χ2v) is 5.64. The minimum atomic E-state index is -3.82. The summed E-state index contributed by atoms with van der Waals surface area (Å²) < 4.78 is 29.9. The van der Waals surface area contributed by atoms with Crippen LogP contribution >= 0.6 is 0 Å². The van der Waals surface area contributed by atoms with E-state index in [4.69, 9.17) is 0 Å². The number of benzene rings is 1. The highest BCUT2D eigenvalue weighted by Gasteiger charge is 2.25. The Hall–Kier alpha value is -1.76. The lowest BCUT2D eigenvalue weighted by Gasteiger charge is -2.22. The summed E-state index contributed by atoms with van der Waals surface area (Å²) in [6, 6.07) is 5.85. The zero-order chi connectivity index (χ0) is 14.5. The summed E-state index contributed by atoms with van der Waals surface area (Å²) in [5, 5.41) is 9.38. The highest BCUT2D eigenvalue weighted by molar-refractivity contribution is 7.93. The standard InChI is InChI=1S/C12H17NO5S/c1-3-13(10-6-5-7-11(14)8-10)19(16,17)9-12(15)18-4-2/h5-8,14H,3-4,9H2,1-2H3. The monoisotopic (exact) mass is 287 g/mol. The topological polar surface area (TPSA) is 83.9 Å². The number of rotatable bonds is 6. The molecule has 0 atom stereocenters. The first kappa shape index (κ1) is 15.3. The third kappa shape index (κ3) is 4.13. The number of phenolic OH excluding ortho intramolecular Hbond substituents is 1. The molecule has 1 rings (SSSR count). The zero-order valence-electron chi connectivity index (χ0n) is 10.9. The molecule has 1 aromatic carbocycles. The Morgan fingerprint density at radius 1 is 1.37 bits per heavy atom. The fourth-order valence-electron chi connectivity index (χ4n) is 1.62. The number of carbonyl (C=O) groups excluding carboxylic acids is 1. The van der Waals surface area contributed by atoms with Crippen molar-refractivity contribution in [3.63, 3.8) is 0 Å². The van der Waals surface area contributed by atoms with Gasteiger partial charge in [-0.05, 0) is 26.0 Å². The first-order chi connectivity index (χ1) is 8.90. The van der Waals surface area contributed by atoms with E-state index >= 15 is 0 Å². The van der Waals surface area contributed by atoms with Crippen LogP contribution < -0.4 is 4.31 Å². The fourth-order valence-corrected chi connectivity index (χ4v) is 2.98. The highest BCUT2D eigenvalue weighted by Crippen LogP contribution is 2.22. The Bertz CT molecular complexity index is 541. The Kier molecular flexibility index (Phi) is 5.17. The number of carbonyl (C=O) groups is 1. The molecule has 0 saturated heterocycles. The largest absolute Gasteiger partial charge is 0.508 e. The molecule has 0 fully saturated rings. The van der Waals surface area contributed by atoms with E-state index in [1.54, 1.807) is 19.9 Å². The van der Waals surface area contributed by atoms with Crippen molar-refractivity contribution in [3.8, 4) is 5.75 Å². The Morgan fingerprint density at radius 2 is 2.05 bits per heavy atom. The average Bonchev–Trinajstić information content (AvgIpc) is 2.28. The lowest BCUT2D eigenvalue weighted by Crippen LogP contribution is -2.36. The number of nitrogens with zero attached hydrogens (tertiary/aromatic N) is 1. The number of hydrogen-bond acceptors (Lipinski definition) is 5. The molecule has 106 valence electrons. The van der Waals surface area contributed by atoms with Crippen molar-refractivity contribution in [1.29, 1.82) is 0 Å². The van der Waals surface area contributed by atoms with Gasteiger partial charge in [0.25, 0.3) is 0 Å². The number of aromatic hydroxyl groups is 1. The van der Waals surface area contributed by atoms with Gasteiger partial charge in [-0.2, -0.15) is 0 Å². The molecule has 19 heavy (non-hydrogen) atoms. The lowest BCUT2D eigenvalue weighted by molar-refractivity contribution is -0.139. The second-order valence-electron chi connectivity index (χ2n) is 3.75. The van der Waals surface area contributed by atoms with Crippen LogP contribution in [0.15, 0.2) is 24.3 Å². The van der Waals surface area contributed by atoms with E-state index < -0.39 is 21.7 Å². The summed E-state index contributed by atoms with van der Waals surface area (Å²) in [7, 11) is -3.82. The number of hydrogen-bond donors (Lipinski definition) is 1. The van der Waals surface area contributed by atoms with Crippen LogP contribution in [-0.4, -0.2) is 38.4 Å². The molecule has 7 heteroatoms. The van der Waals surface area contributed by atoms with Crippen LogP contribution in [0.5, 0.6) is 5.75 Å². The quantitative estimate of drug-likeness (QED) is 0.792. The molecule has 0 bridgehead atoms. The van der Waals surface area contributed by atoms with Crippen molar-refractivity contribution in [2.75, 3.05) is 23.2 Å². The van der Waals surface area contributed by atoms with Gasteiger partial charge in [-0.15, -0.1) is 0 Å². The van der Waals surface area contributed by atoms with Crippen LogP contribution in [0, 0.1) is 0 Å². The van der Waals surface area contributed by atoms with Gasteiger partial charge in [-0.3, -0.25) is 9.10 Å². The van der Waals surface area contributed by atoms with E-state index in [-0.39, 0.29) is 18.9 Å². The van der Waals surface area contributed by atoms with E-state index in [0.717, 1.165) is 4.31 Å². The van der Waals surface area contributed by atoms with Crippen molar-refractivity contribution in [2.24, 2.45) is 0 Å². The fraction of sp³-hybridized carbons (Fsp3) is 0.417. The first-order valence-corrected chi connectivity index (χ1v) is 7.46. The van der Waals surface area contributed by atoms with Crippen molar-refractivity contribution in [1.82, 2.24) is 0 Å². The second kappa shape index (κ2) is 6.42. The number of sulfonamides is 1. The van der Waals surface area contributed by atoms with Gasteiger partial charge in [-0.25, -0.2) is 8.42 Å². The molecule has 0 unspecified atom stereocenters. The molecule has 0 aromatic heterocycles. The Labute approximate surface area is 112 Å². The molecule has 0 aliphatic heterocycles. The molecule has 1 N–H and O–H groups in total. The summed E-state index contributed by atoms with van der Waals surface area (Å²) in [6.07, 6.45) is 0. The van der Waals surface area contributed by atoms with E-state index in [1.165, 1.54) is 18.2 Å². The molecule has 0 saturated carbocycles. The van der Waals surface area contributed by atoms with Gasteiger partial charge in [0.15, 0.2) is 5.75 Å². The summed E-state index contributed by atoms with van der Waals surface area (Å²) in [4.78, 5) is 11.3. The van der Waals surface area contributed by atoms with Crippen LogP contribution in [0.2, 0.25) is 0 Å². The van der Waals surface area contributed by atoms with Crippen LogP contribution in [0.1, 0.15) is 13.8 Å². The van der Waals surface area contributed by atoms with Crippen molar-refractivity contribution >= 4 is 21.7 Å². The van der Waals surface area contributed by atoms with Crippen LogP contribution in [-0.2, 0) is 19.6 Å². The number of anilines is 1. The molecule has 0 heterocycles. The Balaban J connectivity index is 2.99. The predicted octanol–water partition coefficient (Wildman–Crippen LogP) is 1.11. The van der Waals surface area contributed by atoms with Gasteiger partial charge in [0, 0.05) is 12.6 Å². The van der Waals surface area contributed by atoms with Crippen molar-refractivity contribution < 1.29 is 23.1 Å². The van der Waals surface area contributed by atoms with Gasteiger partial charge in [0.05, 0.1) is 12.3 Å². The van der Waals surface area contributed by atoms with Gasteiger partial charge in [0.2, 0.25) is 10.0 Å². The molecule has 0 aliphatic rings. The van der Waals surface area contributed by atoms with Gasteiger partial charge >= 0.3 is 5.97 Å². The van der Waals surface area contributed by atoms with Crippen LogP contribution in [0.3, 0.4) is 0 Å². The summed E-state index contributed by atoms with van der Waals surface area (Å²) in [5.74, 6) is -1.55. The van der Waals surface area contributed by atoms with Crippen molar-refractivity contribution in [2.45, 2.75) is 13.8 Å². The molecule has 0 spiro atoms. The zero-order valence-corrected chi connectivity index (χ0v) is 11.7. The van der Waals surface area contributed by atoms with Gasteiger partial charge in [0.1, 0.15) is 5.75 Å². The maximum absolute atomic E-state index is 12.1. The molecular weight excluding hydrogens is 270 g/mol. The van der Waals surface area contributed by atoms with Crippen LogP contribution in [0.25, 0.3) is 0 Å². The SMILES string of the molecule is CCOC(=O)CS(=O)(=O)N(CC)c1cccc(O)c1. The minimum Gasteiger partial charge on any atom is -0.508 e. The van der Waals surface area contributed by atoms with Gasteiger partial charge in [-0.1, -0.05) is 6.07 Å². The van der Waals surface area contributed by atoms with Gasteiger partial charge < -0.3 is 9.84 Å². The number of phenols is 1. The third-order valence-corrected chi connectivity index (χ3v) is 4.09. The van der Waals surface area contributed by atoms with E-state index in [2.05, 4.69) is 4.74 Å². The highest BCUT2D eigenvalue weighted by atomic mass is 32.2. The third-order valence-electron chi connectivity index (χ3n) is 2.35. The number of ether oxygens (including phenoxy) is 1. The summed E-state index contributed by atoms with van der Waals surface area (Å²) in [6.45, 7) is 3.54. The maximum atomic E-state index is 12.1. The van der Waals surface area contributed by atoms with E-state index in [1.807, 2.05) is 0 Å². The van der Waals surface area contributed by atoms with E-state index in [9.17, 15) is 18.3 Å². The minimum absolute atomic E-state index is 0.0396. The molecule has 0 aliphatic carbocycles.